The summed E-state index contributed by atoms with van der Waals surface area (Å²) in [7, 11) is 0. The van der Waals surface area contributed by atoms with Crippen LogP contribution in [0, 0.1) is 6.92 Å². The van der Waals surface area contributed by atoms with Crippen LogP contribution in [-0.2, 0) is 9.57 Å². The van der Waals surface area contributed by atoms with Gasteiger partial charge < -0.3 is 9.57 Å². The van der Waals surface area contributed by atoms with Gasteiger partial charge in [0.15, 0.2) is 0 Å². The summed E-state index contributed by atoms with van der Waals surface area (Å²) in [5, 5.41) is 4.10. The van der Waals surface area contributed by atoms with Crippen LogP contribution in [0.5, 0.6) is 0 Å². The Bertz CT molecular complexity index is 532. The first-order chi connectivity index (χ1) is 8.93. The molecular weight excluding hydrogens is 242 g/mol. The fourth-order valence-corrected chi connectivity index (χ4v) is 2.03. The van der Waals surface area contributed by atoms with Crippen LogP contribution in [0.2, 0.25) is 0 Å². The number of rotatable bonds is 3. The molecule has 1 aromatic rings. The molecule has 0 aromatic heterocycles. The molecule has 0 bridgehead atoms. The first-order valence-electron chi connectivity index (χ1n) is 6.46. The summed E-state index contributed by atoms with van der Waals surface area (Å²) < 4.78 is 5.06. The highest BCUT2D eigenvalue weighted by molar-refractivity contribution is 6.03. The zero-order valence-corrected chi connectivity index (χ0v) is 11.8. The molecule has 0 saturated heterocycles. The number of oxime groups is 1. The Morgan fingerprint density at radius 2 is 2.21 bits per heavy atom. The molecule has 1 aromatic carbocycles. The zero-order valence-electron chi connectivity index (χ0n) is 11.8. The molecule has 0 fully saturated rings. The summed E-state index contributed by atoms with van der Waals surface area (Å²) in [6.07, 6.45) is 0.734. The van der Waals surface area contributed by atoms with Crippen molar-refractivity contribution >= 4 is 11.7 Å². The van der Waals surface area contributed by atoms with Crippen molar-refractivity contribution < 1.29 is 14.4 Å². The van der Waals surface area contributed by atoms with E-state index in [4.69, 9.17) is 9.57 Å². The third-order valence-electron chi connectivity index (χ3n) is 3.06. The van der Waals surface area contributed by atoms with E-state index in [1.807, 2.05) is 39.0 Å². The van der Waals surface area contributed by atoms with Crippen molar-refractivity contribution in [2.75, 3.05) is 6.61 Å². The van der Waals surface area contributed by atoms with Crippen LogP contribution < -0.4 is 0 Å². The van der Waals surface area contributed by atoms with Crippen molar-refractivity contribution in [1.82, 2.24) is 0 Å². The van der Waals surface area contributed by atoms with E-state index in [2.05, 4.69) is 5.16 Å². The molecule has 0 aliphatic carbocycles. The molecule has 0 radical (unpaired) electrons. The van der Waals surface area contributed by atoms with Crippen LogP contribution in [0.25, 0.3) is 0 Å². The van der Waals surface area contributed by atoms with Gasteiger partial charge in [0.2, 0.25) is 0 Å². The molecule has 0 unspecified atom stereocenters. The molecule has 0 N–H and O–H groups in total. The Morgan fingerprint density at radius 1 is 1.47 bits per heavy atom. The standard InChI is InChI=1S/C15H19NO3/c1-5-18-14(17)12-8-11(7-6-10(12)2)13-9-15(3,4)19-16-13/h6-8H,5,9H2,1-4H3. The van der Waals surface area contributed by atoms with Gasteiger partial charge in [-0.2, -0.15) is 0 Å². The Balaban J connectivity index is 2.29. The number of benzene rings is 1. The van der Waals surface area contributed by atoms with Crippen LogP contribution in [0.15, 0.2) is 23.4 Å². The van der Waals surface area contributed by atoms with Gasteiger partial charge in [0, 0.05) is 12.0 Å². The lowest BCUT2D eigenvalue weighted by Crippen LogP contribution is -2.19. The van der Waals surface area contributed by atoms with Crippen LogP contribution in [0.1, 0.15) is 48.7 Å². The zero-order chi connectivity index (χ0) is 14.0. The second-order valence-corrected chi connectivity index (χ2v) is 5.32. The van der Waals surface area contributed by atoms with Crippen LogP contribution in [0.3, 0.4) is 0 Å². The van der Waals surface area contributed by atoms with E-state index < -0.39 is 0 Å². The van der Waals surface area contributed by atoms with Crippen molar-refractivity contribution in [3.8, 4) is 0 Å². The topological polar surface area (TPSA) is 47.9 Å². The van der Waals surface area contributed by atoms with Gasteiger partial charge in [-0.15, -0.1) is 0 Å². The molecule has 1 aliphatic rings. The predicted molar refractivity (Wildman–Crippen MR) is 73.5 cm³/mol. The highest BCUT2D eigenvalue weighted by atomic mass is 16.7. The summed E-state index contributed by atoms with van der Waals surface area (Å²) in [5.74, 6) is -0.291. The summed E-state index contributed by atoms with van der Waals surface area (Å²) in [6.45, 7) is 8.05. The number of carbonyl (C=O) groups excluding carboxylic acids is 1. The van der Waals surface area contributed by atoms with Crippen LogP contribution in [0.4, 0.5) is 0 Å². The molecule has 4 heteroatoms. The Kier molecular flexibility index (Phi) is 3.60. The molecular formula is C15H19NO3. The Hall–Kier alpha value is -1.84. The highest BCUT2D eigenvalue weighted by Gasteiger charge is 2.29. The lowest BCUT2D eigenvalue weighted by molar-refractivity contribution is 0.0123. The average Bonchev–Trinajstić information content (AvgIpc) is 2.70. The number of hydrogen-bond donors (Lipinski definition) is 0. The average molecular weight is 261 g/mol. The van der Waals surface area contributed by atoms with Crippen molar-refractivity contribution in [1.29, 1.82) is 0 Å². The second-order valence-electron chi connectivity index (χ2n) is 5.32. The van der Waals surface area contributed by atoms with E-state index in [9.17, 15) is 4.79 Å². The van der Waals surface area contributed by atoms with Gasteiger partial charge in [0.1, 0.15) is 5.60 Å². The Labute approximate surface area is 113 Å². The van der Waals surface area contributed by atoms with Crippen LogP contribution >= 0.6 is 0 Å². The molecule has 1 heterocycles. The third kappa shape index (κ3) is 2.95. The van der Waals surface area contributed by atoms with E-state index in [0.29, 0.717) is 12.2 Å². The normalized spacial score (nSPS) is 16.7. The van der Waals surface area contributed by atoms with Crippen molar-refractivity contribution in [3.05, 3.63) is 34.9 Å². The molecule has 0 saturated carbocycles. The van der Waals surface area contributed by atoms with E-state index in [1.54, 1.807) is 6.92 Å². The van der Waals surface area contributed by atoms with E-state index in [-0.39, 0.29) is 11.6 Å². The first kappa shape index (κ1) is 13.6. The number of nitrogens with zero attached hydrogens (tertiary/aromatic N) is 1. The number of hydrogen-bond acceptors (Lipinski definition) is 4. The Morgan fingerprint density at radius 3 is 2.79 bits per heavy atom. The maximum absolute atomic E-state index is 11.9. The number of esters is 1. The minimum atomic E-state index is -0.291. The molecule has 2 rings (SSSR count). The van der Waals surface area contributed by atoms with E-state index >= 15 is 0 Å². The van der Waals surface area contributed by atoms with E-state index in [1.165, 1.54) is 0 Å². The van der Waals surface area contributed by atoms with Gasteiger partial charge in [-0.3, -0.25) is 0 Å². The van der Waals surface area contributed by atoms with Gasteiger partial charge in [-0.05, 0) is 39.3 Å². The number of ether oxygens (including phenoxy) is 1. The van der Waals surface area contributed by atoms with Gasteiger partial charge in [0.25, 0.3) is 0 Å². The SMILES string of the molecule is CCOC(=O)c1cc(C2=NOC(C)(C)C2)ccc1C. The molecule has 0 amide bonds. The third-order valence-corrected chi connectivity index (χ3v) is 3.06. The first-order valence-corrected chi connectivity index (χ1v) is 6.46. The summed E-state index contributed by atoms with van der Waals surface area (Å²) in [5.41, 5.74) is 3.01. The molecule has 102 valence electrons. The maximum Gasteiger partial charge on any atom is 0.338 e. The summed E-state index contributed by atoms with van der Waals surface area (Å²) in [4.78, 5) is 17.2. The smallest absolute Gasteiger partial charge is 0.338 e. The quantitative estimate of drug-likeness (QED) is 0.786. The van der Waals surface area contributed by atoms with E-state index in [0.717, 1.165) is 23.3 Å². The summed E-state index contributed by atoms with van der Waals surface area (Å²) >= 11 is 0. The number of carbonyl (C=O) groups is 1. The minimum Gasteiger partial charge on any atom is -0.462 e. The van der Waals surface area contributed by atoms with Crippen molar-refractivity contribution in [3.63, 3.8) is 0 Å². The van der Waals surface area contributed by atoms with Crippen molar-refractivity contribution in [2.45, 2.75) is 39.7 Å². The lowest BCUT2D eigenvalue weighted by atomic mass is 9.95. The summed E-state index contributed by atoms with van der Waals surface area (Å²) in [6, 6.07) is 5.70. The fourth-order valence-electron chi connectivity index (χ4n) is 2.03. The largest absolute Gasteiger partial charge is 0.462 e. The van der Waals surface area contributed by atoms with Gasteiger partial charge >= 0.3 is 5.97 Å². The fraction of sp³-hybridized carbons (Fsp3) is 0.467. The predicted octanol–water partition coefficient (Wildman–Crippen LogP) is 3.07. The highest BCUT2D eigenvalue weighted by Crippen LogP contribution is 2.26. The monoisotopic (exact) mass is 261 g/mol. The van der Waals surface area contributed by atoms with Gasteiger partial charge in [-0.1, -0.05) is 17.3 Å². The molecule has 1 aliphatic heterocycles. The molecule has 0 spiro atoms. The van der Waals surface area contributed by atoms with Crippen LogP contribution in [-0.4, -0.2) is 23.9 Å². The second kappa shape index (κ2) is 5.03. The molecule has 4 nitrogen and oxygen atoms in total. The lowest BCUT2D eigenvalue weighted by Gasteiger charge is -2.13. The van der Waals surface area contributed by atoms with Gasteiger partial charge in [-0.25, -0.2) is 4.79 Å². The minimum absolute atomic E-state index is 0.274. The number of aryl methyl sites for hydroxylation is 1. The molecule has 0 atom stereocenters. The van der Waals surface area contributed by atoms with Gasteiger partial charge in [0.05, 0.1) is 17.9 Å². The van der Waals surface area contributed by atoms with Crippen molar-refractivity contribution in [2.24, 2.45) is 5.16 Å². The molecule has 19 heavy (non-hydrogen) atoms. The maximum atomic E-state index is 11.9.